The minimum Gasteiger partial charge on any atom is -0.247 e. The molecule has 0 saturated heterocycles. The number of carbonyl (C=O) groups excluding carboxylic acids is 1. The summed E-state index contributed by atoms with van der Waals surface area (Å²) in [7, 11) is 0. The summed E-state index contributed by atoms with van der Waals surface area (Å²) >= 11 is 0. The molecular weight excluding hydrogens is 237 g/mol. The van der Waals surface area contributed by atoms with Gasteiger partial charge in [0.2, 0.25) is 0 Å². The van der Waals surface area contributed by atoms with Crippen LogP contribution in [0.4, 0.5) is 30.7 Å². The molecule has 1 radical (unpaired) electrons. The van der Waals surface area contributed by atoms with E-state index in [1.807, 2.05) is 0 Å². The van der Waals surface area contributed by atoms with E-state index in [4.69, 9.17) is 0 Å². The molecule has 89 valence electrons. The highest BCUT2D eigenvalue weighted by molar-refractivity contribution is 5.66. The fourth-order valence-corrected chi connectivity index (χ4v) is 0.623. The van der Waals surface area contributed by atoms with Crippen LogP contribution in [-0.2, 0) is 9.90 Å². The smallest absolute Gasteiger partial charge is 0.247 e. The Morgan fingerprint density at radius 1 is 0.933 bits per heavy atom. The van der Waals surface area contributed by atoms with Crippen LogP contribution >= 0.6 is 0 Å². The van der Waals surface area contributed by atoms with E-state index in [2.05, 4.69) is 0 Å². The molecule has 2 nitrogen and oxygen atoms in total. The van der Waals surface area contributed by atoms with Gasteiger partial charge in [0.15, 0.2) is 0 Å². The Hall–Kier alpha value is -1.02. The van der Waals surface area contributed by atoms with Gasteiger partial charge in [0.05, 0.1) is 6.42 Å². The van der Waals surface area contributed by atoms with Crippen molar-refractivity contribution in [3.8, 4) is 0 Å². The summed E-state index contributed by atoms with van der Waals surface area (Å²) < 4.78 is 83.1. The van der Waals surface area contributed by atoms with E-state index in [1.165, 1.54) is 0 Å². The first-order chi connectivity index (χ1) is 6.42. The molecule has 15 heavy (non-hydrogen) atoms. The van der Waals surface area contributed by atoms with Crippen LogP contribution < -0.4 is 0 Å². The van der Waals surface area contributed by atoms with Gasteiger partial charge in [-0.2, -0.15) is 30.7 Å². The second-order valence-corrected chi connectivity index (χ2v) is 2.65. The van der Waals surface area contributed by atoms with Crippen molar-refractivity contribution >= 4 is 5.97 Å². The summed E-state index contributed by atoms with van der Waals surface area (Å²) in [4.78, 5) is 9.65. The van der Waals surface area contributed by atoms with Crippen LogP contribution in [0.5, 0.6) is 0 Å². The maximum atomic E-state index is 12.3. The molecule has 0 aliphatic heterocycles. The first-order valence-electron chi connectivity index (χ1n) is 3.44. The largest absolute Gasteiger partial charge is 0.459 e. The molecule has 0 atom stereocenters. The van der Waals surface area contributed by atoms with Gasteiger partial charge in [-0.3, -0.25) is 0 Å². The predicted molar refractivity (Wildman–Crippen MR) is 30.9 cm³/mol. The Morgan fingerprint density at radius 3 is 1.60 bits per heavy atom. The van der Waals surface area contributed by atoms with Crippen molar-refractivity contribution < 1.29 is 40.6 Å². The molecule has 0 aromatic heterocycles. The summed E-state index contributed by atoms with van der Waals surface area (Å²) in [5, 5.41) is 9.65. The Balaban J connectivity index is 4.77. The molecular formula is C6H4F7O2. The lowest BCUT2D eigenvalue weighted by Gasteiger charge is -2.27. The summed E-state index contributed by atoms with van der Waals surface area (Å²) in [5.74, 6) is -13.9. The average Bonchev–Trinajstić information content (AvgIpc) is 1.98. The van der Waals surface area contributed by atoms with E-state index in [1.54, 1.807) is 0 Å². The van der Waals surface area contributed by atoms with Gasteiger partial charge in [-0.05, 0) is 0 Å². The third kappa shape index (κ3) is 2.96. The Kier molecular flexibility index (Phi) is 3.59. The van der Waals surface area contributed by atoms with Gasteiger partial charge in [-0.25, -0.2) is 9.90 Å². The fraction of sp³-hybridized carbons (Fsp3) is 0.833. The van der Waals surface area contributed by atoms with E-state index in [-0.39, 0.29) is 0 Å². The molecule has 0 spiro atoms. The van der Waals surface area contributed by atoms with Crippen molar-refractivity contribution in [3.05, 3.63) is 0 Å². The topological polar surface area (TPSA) is 37.0 Å². The highest BCUT2D eigenvalue weighted by atomic mass is 19.4. The lowest BCUT2D eigenvalue weighted by atomic mass is 10.1. The van der Waals surface area contributed by atoms with Crippen molar-refractivity contribution in [1.82, 2.24) is 0 Å². The summed E-state index contributed by atoms with van der Waals surface area (Å²) in [6.45, 7) is 0. The van der Waals surface area contributed by atoms with Crippen LogP contribution in [0.15, 0.2) is 0 Å². The lowest BCUT2D eigenvalue weighted by Crippen LogP contribution is -2.51. The SMILES string of the molecule is [O]C(=O)CCC(F)(F)C(F)(F)C(F)(F)F. The van der Waals surface area contributed by atoms with Crippen molar-refractivity contribution in [3.63, 3.8) is 0 Å². The fourth-order valence-electron chi connectivity index (χ4n) is 0.623. The lowest BCUT2D eigenvalue weighted by molar-refractivity contribution is -0.355. The van der Waals surface area contributed by atoms with Crippen LogP contribution in [0.25, 0.3) is 0 Å². The van der Waals surface area contributed by atoms with Crippen LogP contribution in [0.1, 0.15) is 12.8 Å². The third-order valence-electron chi connectivity index (χ3n) is 1.46. The molecule has 0 amide bonds. The van der Waals surface area contributed by atoms with Crippen LogP contribution in [-0.4, -0.2) is 24.0 Å². The highest BCUT2D eigenvalue weighted by Gasteiger charge is 2.72. The molecule has 0 unspecified atom stereocenters. The minimum absolute atomic E-state index is 1.58. The van der Waals surface area contributed by atoms with Gasteiger partial charge in [-0.1, -0.05) is 0 Å². The quantitative estimate of drug-likeness (QED) is 0.697. The number of alkyl halides is 7. The zero-order valence-corrected chi connectivity index (χ0v) is 6.88. The molecule has 0 saturated carbocycles. The molecule has 9 heteroatoms. The van der Waals surface area contributed by atoms with E-state index in [0.717, 1.165) is 0 Å². The van der Waals surface area contributed by atoms with Crippen LogP contribution in [0.3, 0.4) is 0 Å². The van der Waals surface area contributed by atoms with Gasteiger partial charge in [0, 0.05) is 6.42 Å². The van der Waals surface area contributed by atoms with Crippen molar-refractivity contribution in [2.24, 2.45) is 0 Å². The number of hydrogen-bond acceptors (Lipinski definition) is 1. The van der Waals surface area contributed by atoms with E-state index in [9.17, 15) is 40.6 Å². The maximum absolute atomic E-state index is 12.3. The Morgan fingerprint density at radius 2 is 1.33 bits per heavy atom. The molecule has 0 aromatic rings. The number of carbonyl (C=O) groups is 1. The first kappa shape index (κ1) is 14.0. The van der Waals surface area contributed by atoms with Crippen molar-refractivity contribution in [2.45, 2.75) is 30.9 Å². The molecule has 0 N–H and O–H groups in total. The van der Waals surface area contributed by atoms with Gasteiger partial charge in [-0.15, -0.1) is 0 Å². The number of halogens is 7. The third-order valence-corrected chi connectivity index (χ3v) is 1.46. The van der Waals surface area contributed by atoms with Gasteiger partial charge in [0.1, 0.15) is 0 Å². The van der Waals surface area contributed by atoms with Gasteiger partial charge >= 0.3 is 24.0 Å². The second kappa shape index (κ2) is 3.86. The standard InChI is InChI=1S/C6H4F7O2/c7-4(8,2-1-3(14)15)5(9,10)6(11,12)13/h1-2H2. The van der Waals surface area contributed by atoms with Crippen LogP contribution in [0, 0.1) is 0 Å². The normalized spacial score (nSPS) is 14.1. The first-order valence-corrected chi connectivity index (χ1v) is 3.44. The van der Waals surface area contributed by atoms with Crippen molar-refractivity contribution in [1.29, 1.82) is 0 Å². The Bertz CT molecular complexity index is 244. The summed E-state index contributed by atoms with van der Waals surface area (Å²) in [6.07, 6.45) is -10.1. The average molecular weight is 241 g/mol. The molecule has 0 bridgehead atoms. The van der Waals surface area contributed by atoms with E-state index in [0.29, 0.717) is 0 Å². The van der Waals surface area contributed by atoms with Gasteiger partial charge in [0.25, 0.3) is 0 Å². The zero-order chi connectivity index (χ0) is 12.5. The highest BCUT2D eigenvalue weighted by Crippen LogP contribution is 2.48. The summed E-state index contributed by atoms with van der Waals surface area (Å²) in [5.41, 5.74) is 0. The molecule has 0 aromatic carbocycles. The van der Waals surface area contributed by atoms with E-state index >= 15 is 0 Å². The maximum Gasteiger partial charge on any atom is 0.459 e. The molecule has 0 aliphatic carbocycles. The Labute approximate surface area is 78.7 Å². The minimum atomic E-state index is -6.43. The molecule has 0 heterocycles. The second-order valence-electron chi connectivity index (χ2n) is 2.65. The monoisotopic (exact) mass is 241 g/mol. The van der Waals surface area contributed by atoms with Gasteiger partial charge < -0.3 is 0 Å². The van der Waals surface area contributed by atoms with Crippen molar-refractivity contribution in [2.75, 3.05) is 0 Å². The summed E-state index contributed by atoms with van der Waals surface area (Å²) in [6, 6.07) is 0. The van der Waals surface area contributed by atoms with Crippen LogP contribution in [0.2, 0.25) is 0 Å². The molecule has 0 fully saturated rings. The number of rotatable bonds is 4. The number of hydrogen-bond donors (Lipinski definition) is 0. The zero-order valence-electron chi connectivity index (χ0n) is 6.88. The molecule has 0 aliphatic rings. The predicted octanol–water partition coefficient (Wildman–Crippen LogP) is 2.56. The molecule has 0 rings (SSSR count). The van der Waals surface area contributed by atoms with E-state index < -0.39 is 36.8 Å².